The number of nitrogens with one attached hydrogen (secondary N) is 2. The van der Waals surface area contributed by atoms with E-state index in [2.05, 4.69) is 20.6 Å². The van der Waals surface area contributed by atoms with Gasteiger partial charge in [-0.3, -0.25) is 0 Å². The van der Waals surface area contributed by atoms with Crippen molar-refractivity contribution < 1.29 is 23.1 Å². The molecule has 0 aliphatic heterocycles. The number of aryl methyl sites for hydroxylation is 1. The molecule has 1 atom stereocenters. The number of alkyl halides is 3. The Morgan fingerprint density at radius 2 is 1.87 bits per heavy atom. The molecular weight excluding hydrogens is 399 g/mol. The zero-order valence-corrected chi connectivity index (χ0v) is 16.4. The van der Waals surface area contributed by atoms with Crippen molar-refractivity contribution in [3.8, 4) is 0 Å². The van der Waals surface area contributed by atoms with Gasteiger partial charge in [0.25, 0.3) is 0 Å². The van der Waals surface area contributed by atoms with Gasteiger partial charge in [-0.15, -0.1) is 0 Å². The highest BCUT2D eigenvalue weighted by atomic mass is 19.4. The average molecular weight is 419 g/mol. The molecule has 0 aliphatic carbocycles. The molecule has 0 saturated heterocycles. The number of carbonyl (C=O) groups is 1. The summed E-state index contributed by atoms with van der Waals surface area (Å²) in [6.07, 6.45) is -4.52. The monoisotopic (exact) mass is 419 g/mol. The fraction of sp³-hybridized carbons (Fsp3) is 0.250. The van der Waals surface area contributed by atoms with Crippen LogP contribution in [0, 0.1) is 6.92 Å². The Balaban J connectivity index is 2.07. The Bertz CT molecular complexity index is 1130. The van der Waals surface area contributed by atoms with Crippen LogP contribution in [0.4, 0.5) is 30.4 Å². The molecule has 3 rings (SSSR count). The number of nitrogen functional groups attached to an aromatic ring is 1. The van der Waals surface area contributed by atoms with Crippen LogP contribution in [0.15, 0.2) is 30.3 Å². The van der Waals surface area contributed by atoms with Crippen molar-refractivity contribution in [2.75, 3.05) is 23.4 Å². The summed E-state index contributed by atoms with van der Waals surface area (Å²) in [6.45, 7) is 3.33. The predicted octanol–water partition coefficient (Wildman–Crippen LogP) is 4.45. The fourth-order valence-electron chi connectivity index (χ4n) is 3.16. The first-order valence-corrected chi connectivity index (χ1v) is 8.97. The van der Waals surface area contributed by atoms with Gasteiger partial charge in [-0.2, -0.15) is 13.2 Å². The maximum atomic E-state index is 13.1. The third kappa shape index (κ3) is 4.22. The lowest BCUT2D eigenvalue weighted by molar-refractivity contribution is -0.137. The largest absolute Gasteiger partial charge is 0.478 e. The number of aromatic carboxylic acids is 1. The van der Waals surface area contributed by atoms with Crippen molar-refractivity contribution in [3.63, 3.8) is 0 Å². The van der Waals surface area contributed by atoms with Crippen molar-refractivity contribution in [2.24, 2.45) is 0 Å². The Hall–Kier alpha value is -3.56. The molecule has 0 bridgehead atoms. The molecule has 30 heavy (non-hydrogen) atoms. The molecule has 7 nitrogen and oxygen atoms in total. The highest BCUT2D eigenvalue weighted by Gasteiger charge is 2.31. The molecule has 1 heterocycles. The van der Waals surface area contributed by atoms with Crippen LogP contribution in [-0.2, 0) is 6.18 Å². The second-order valence-corrected chi connectivity index (χ2v) is 6.84. The SMILES string of the molecule is CNc1cc2c(N[C@H](C)c3cc(N)cc(C(F)(F)F)c3)nc(C)nc2cc1C(=O)O. The van der Waals surface area contributed by atoms with Crippen LogP contribution in [0.1, 0.15) is 40.3 Å². The molecule has 1 aromatic heterocycles. The molecule has 0 amide bonds. The summed E-state index contributed by atoms with van der Waals surface area (Å²) in [7, 11) is 1.59. The number of rotatable bonds is 5. The number of nitrogens with two attached hydrogens (primary N) is 1. The van der Waals surface area contributed by atoms with Crippen LogP contribution in [-0.4, -0.2) is 28.1 Å². The smallest absolute Gasteiger partial charge is 0.416 e. The van der Waals surface area contributed by atoms with E-state index in [1.807, 2.05) is 0 Å². The van der Waals surface area contributed by atoms with E-state index in [1.165, 1.54) is 12.1 Å². The Labute approximate surface area is 170 Å². The van der Waals surface area contributed by atoms with E-state index in [0.29, 0.717) is 33.8 Å². The average Bonchev–Trinajstić information content (AvgIpc) is 2.65. The van der Waals surface area contributed by atoms with Crippen LogP contribution in [0.5, 0.6) is 0 Å². The summed E-state index contributed by atoms with van der Waals surface area (Å²) in [4.78, 5) is 20.1. The van der Waals surface area contributed by atoms with Crippen LogP contribution >= 0.6 is 0 Å². The Morgan fingerprint density at radius 3 is 2.47 bits per heavy atom. The number of nitrogens with zero attached hydrogens (tertiary/aromatic N) is 2. The van der Waals surface area contributed by atoms with E-state index in [9.17, 15) is 23.1 Å². The number of halogens is 3. The van der Waals surface area contributed by atoms with E-state index < -0.39 is 23.8 Å². The van der Waals surface area contributed by atoms with Crippen molar-refractivity contribution in [1.82, 2.24) is 9.97 Å². The summed E-state index contributed by atoms with van der Waals surface area (Å²) >= 11 is 0. The minimum Gasteiger partial charge on any atom is -0.478 e. The van der Waals surface area contributed by atoms with E-state index in [1.54, 1.807) is 27.0 Å². The first kappa shape index (κ1) is 21.2. The quantitative estimate of drug-likeness (QED) is 0.452. The van der Waals surface area contributed by atoms with Gasteiger partial charge >= 0.3 is 12.1 Å². The summed E-state index contributed by atoms with van der Waals surface area (Å²) in [6, 6.07) is 5.83. The van der Waals surface area contributed by atoms with Crippen molar-refractivity contribution in [3.05, 3.63) is 52.8 Å². The number of fused-ring (bicyclic) bond motifs is 1. The van der Waals surface area contributed by atoms with E-state index in [4.69, 9.17) is 5.73 Å². The maximum absolute atomic E-state index is 13.1. The molecule has 2 aromatic carbocycles. The zero-order valence-electron chi connectivity index (χ0n) is 16.4. The second kappa shape index (κ2) is 7.69. The van der Waals surface area contributed by atoms with Gasteiger partial charge in [0, 0.05) is 23.8 Å². The molecule has 0 radical (unpaired) electrons. The lowest BCUT2D eigenvalue weighted by Gasteiger charge is -2.19. The molecule has 3 aromatic rings. The molecule has 158 valence electrons. The van der Waals surface area contributed by atoms with Gasteiger partial charge in [0.05, 0.1) is 22.7 Å². The standard InChI is InChI=1S/C20H20F3N5O2/c1-9(11-4-12(20(21,22)23)6-13(24)5-11)26-18-14-7-16(25-3)15(19(29)30)8-17(14)27-10(2)28-18/h4-9,25H,24H2,1-3H3,(H,29,30)(H,26,27,28)/t9-/m1/s1. The minimum atomic E-state index is -4.52. The normalized spacial score (nSPS) is 12.6. The molecule has 0 aliphatic rings. The van der Waals surface area contributed by atoms with Crippen molar-refractivity contribution in [1.29, 1.82) is 0 Å². The lowest BCUT2D eigenvalue weighted by Crippen LogP contribution is -2.13. The topological polar surface area (TPSA) is 113 Å². The van der Waals surface area contributed by atoms with Gasteiger partial charge in [0.2, 0.25) is 0 Å². The summed E-state index contributed by atoms with van der Waals surface area (Å²) < 4.78 is 39.4. The van der Waals surface area contributed by atoms with E-state index in [0.717, 1.165) is 12.1 Å². The van der Waals surface area contributed by atoms with Crippen LogP contribution < -0.4 is 16.4 Å². The molecule has 10 heteroatoms. The van der Waals surface area contributed by atoms with Crippen molar-refractivity contribution >= 4 is 34.1 Å². The number of hydrogen-bond acceptors (Lipinski definition) is 6. The third-order valence-corrected chi connectivity index (χ3v) is 4.60. The number of hydrogen-bond donors (Lipinski definition) is 4. The molecule has 0 spiro atoms. The van der Waals surface area contributed by atoms with Crippen molar-refractivity contribution in [2.45, 2.75) is 26.1 Å². The zero-order chi connectivity index (χ0) is 22.2. The summed E-state index contributed by atoms with van der Waals surface area (Å²) in [5.74, 6) is -0.358. The highest BCUT2D eigenvalue weighted by Crippen LogP contribution is 2.34. The maximum Gasteiger partial charge on any atom is 0.416 e. The second-order valence-electron chi connectivity index (χ2n) is 6.84. The number of carboxylic acid groups (broad SMARTS) is 1. The molecular formula is C20H20F3N5O2. The van der Waals surface area contributed by atoms with Gasteiger partial charge in [-0.25, -0.2) is 14.8 Å². The molecule has 0 saturated carbocycles. The first-order valence-electron chi connectivity index (χ1n) is 8.97. The molecule has 0 fully saturated rings. The van der Waals surface area contributed by atoms with E-state index in [-0.39, 0.29) is 11.3 Å². The lowest BCUT2D eigenvalue weighted by atomic mass is 10.0. The highest BCUT2D eigenvalue weighted by molar-refractivity contribution is 6.02. The number of benzene rings is 2. The van der Waals surface area contributed by atoms with Gasteiger partial charge in [0.1, 0.15) is 11.6 Å². The number of anilines is 3. The third-order valence-electron chi connectivity index (χ3n) is 4.60. The van der Waals surface area contributed by atoms with Gasteiger partial charge in [-0.1, -0.05) is 0 Å². The van der Waals surface area contributed by atoms with E-state index >= 15 is 0 Å². The number of carboxylic acids is 1. The van der Waals surface area contributed by atoms with Crippen LogP contribution in [0.3, 0.4) is 0 Å². The number of aromatic nitrogens is 2. The molecule has 5 N–H and O–H groups in total. The minimum absolute atomic E-state index is 0.000713. The Morgan fingerprint density at radius 1 is 1.17 bits per heavy atom. The predicted molar refractivity (Wildman–Crippen MR) is 109 cm³/mol. The molecule has 0 unspecified atom stereocenters. The van der Waals surface area contributed by atoms with Gasteiger partial charge < -0.3 is 21.5 Å². The van der Waals surface area contributed by atoms with Crippen LogP contribution in [0.25, 0.3) is 10.9 Å². The Kier molecular flexibility index (Phi) is 5.43. The fourth-order valence-corrected chi connectivity index (χ4v) is 3.16. The summed E-state index contributed by atoms with van der Waals surface area (Å²) in [5, 5.41) is 15.9. The van der Waals surface area contributed by atoms with Crippen LogP contribution in [0.2, 0.25) is 0 Å². The first-order chi connectivity index (χ1) is 14.0. The summed E-state index contributed by atoms with van der Waals surface area (Å²) in [5.41, 5.74) is 5.98. The van der Waals surface area contributed by atoms with Gasteiger partial charge in [-0.05, 0) is 49.7 Å². The van der Waals surface area contributed by atoms with Gasteiger partial charge in [0.15, 0.2) is 0 Å².